The van der Waals surface area contributed by atoms with Crippen molar-refractivity contribution in [1.82, 2.24) is 4.57 Å². The van der Waals surface area contributed by atoms with Gasteiger partial charge in [-0.3, -0.25) is 9.36 Å². The van der Waals surface area contributed by atoms with E-state index in [9.17, 15) is 15.0 Å². The molecule has 0 aliphatic heterocycles. The Kier molecular flexibility index (Phi) is 4.95. The second-order valence-corrected chi connectivity index (χ2v) is 7.02. The standard InChI is InChI=1S/C22H24N2O3/c1-13(2)16-10-5-6-11-17(16)23-21(26)19-18(25)12-24(22(19)27)20-14(3)8-7-9-15(20)4/h5-13,25,27H,1-4H3,(H,23,26). The molecule has 1 amide bonds. The number of aryl methyl sites for hydroxylation is 2. The van der Waals surface area contributed by atoms with Gasteiger partial charge in [0.15, 0.2) is 0 Å². The fourth-order valence-electron chi connectivity index (χ4n) is 3.36. The van der Waals surface area contributed by atoms with Gasteiger partial charge < -0.3 is 15.5 Å². The van der Waals surface area contributed by atoms with Crippen LogP contribution in [0.15, 0.2) is 48.7 Å². The van der Waals surface area contributed by atoms with Gasteiger partial charge in [0.05, 0.1) is 11.9 Å². The van der Waals surface area contributed by atoms with Gasteiger partial charge in [-0.05, 0) is 42.5 Å². The molecule has 0 radical (unpaired) electrons. The quantitative estimate of drug-likeness (QED) is 0.617. The van der Waals surface area contributed by atoms with E-state index in [1.165, 1.54) is 10.8 Å². The number of carbonyl (C=O) groups is 1. The van der Waals surface area contributed by atoms with Gasteiger partial charge in [-0.15, -0.1) is 0 Å². The van der Waals surface area contributed by atoms with Crippen LogP contribution in [0.1, 0.15) is 46.8 Å². The Labute approximate surface area is 158 Å². The lowest BCUT2D eigenvalue weighted by atomic mass is 10.0. The Morgan fingerprint density at radius 3 is 2.26 bits per heavy atom. The summed E-state index contributed by atoms with van der Waals surface area (Å²) < 4.78 is 1.45. The number of carbonyl (C=O) groups excluding carboxylic acids is 1. The molecule has 1 aromatic heterocycles. The highest BCUT2D eigenvalue weighted by atomic mass is 16.3. The Bertz CT molecular complexity index is 983. The van der Waals surface area contributed by atoms with Crippen LogP contribution >= 0.6 is 0 Å². The smallest absolute Gasteiger partial charge is 0.264 e. The molecule has 5 nitrogen and oxygen atoms in total. The Morgan fingerprint density at radius 2 is 1.63 bits per heavy atom. The Balaban J connectivity index is 2.02. The number of nitrogens with one attached hydrogen (secondary N) is 1. The highest BCUT2D eigenvalue weighted by Crippen LogP contribution is 2.35. The van der Waals surface area contributed by atoms with Gasteiger partial charge in [0.2, 0.25) is 5.88 Å². The summed E-state index contributed by atoms with van der Waals surface area (Å²) in [5, 5.41) is 23.8. The van der Waals surface area contributed by atoms with Gasteiger partial charge in [-0.1, -0.05) is 50.2 Å². The van der Waals surface area contributed by atoms with E-state index < -0.39 is 5.91 Å². The van der Waals surface area contributed by atoms with Crippen LogP contribution in [0.25, 0.3) is 5.69 Å². The third-order valence-electron chi connectivity index (χ3n) is 4.70. The zero-order valence-electron chi connectivity index (χ0n) is 15.9. The fourth-order valence-corrected chi connectivity index (χ4v) is 3.36. The predicted octanol–water partition coefficient (Wildman–Crippen LogP) is 4.88. The molecule has 140 valence electrons. The van der Waals surface area contributed by atoms with Gasteiger partial charge in [0, 0.05) is 5.69 Å². The maximum absolute atomic E-state index is 12.8. The lowest BCUT2D eigenvalue weighted by Gasteiger charge is -2.14. The van der Waals surface area contributed by atoms with E-state index in [1.54, 1.807) is 0 Å². The van der Waals surface area contributed by atoms with Crippen molar-refractivity contribution in [2.75, 3.05) is 5.32 Å². The molecule has 0 atom stereocenters. The summed E-state index contributed by atoms with van der Waals surface area (Å²) >= 11 is 0. The average Bonchev–Trinajstić information content (AvgIpc) is 2.89. The van der Waals surface area contributed by atoms with Gasteiger partial charge in [0.1, 0.15) is 11.3 Å². The first-order valence-electron chi connectivity index (χ1n) is 8.91. The molecule has 0 bridgehead atoms. The number of rotatable bonds is 4. The molecule has 3 rings (SSSR count). The van der Waals surface area contributed by atoms with Gasteiger partial charge in [-0.2, -0.15) is 0 Å². The summed E-state index contributed by atoms with van der Waals surface area (Å²) in [5.41, 5.74) is 4.10. The molecule has 3 aromatic rings. The van der Waals surface area contributed by atoms with Crippen molar-refractivity contribution < 1.29 is 15.0 Å². The van der Waals surface area contributed by atoms with Crippen molar-refractivity contribution in [3.8, 4) is 17.3 Å². The number of anilines is 1. The highest BCUT2D eigenvalue weighted by Gasteiger charge is 2.24. The van der Waals surface area contributed by atoms with Crippen molar-refractivity contribution in [1.29, 1.82) is 0 Å². The van der Waals surface area contributed by atoms with Crippen LogP contribution in [0.2, 0.25) is 0 Å². The lowest BCUT2D eigenvalue weighted by molar-refractivity contribution is 0.102. The van der Waals surface area contributed by atoms with Crippen molar-refractivity contribution >= 4 is 11.6 Å². The summed E-state index contributed by atoms with van der Waals surface area (Å²) in [6.45, 7) is 7.91. The summed E-state index contributed by atoms with van der Waals surface area (Å²) in [6, 6.07) is 13.3. The fraction of sp³-hybridized carbons (Fsp3) is 0.227. The number of hydrogen-bond donors (Lipinski definition) is 3. The first-order valence-corrected chi connectivity index (χ1v) is 8.91. The maximum Gasteiger partial charge on any atom is 0.264 e. The summed E-state index contributed by atoms with van der Waals surface area (Å²) in [5.74, 6) is -0.884. The van der Waals surface area contributed by atoms with Gasteiger partial charge >= 0.3 is 0 Å². The van der Waals surface area contributed by atoms with E-state index in [0.29, 0.717) is 5.69 Å². The molecule has 27 heavy (non-hydrogen) atoms. The zero-order chi connectivity index (χ0) is 19.7. The molecule has 0 unspecified atom stereocenters. The van der Waals surface area contributed by atoms with E-state index >= 15 is 0 Å². The number of para-hydroxylation sites is 2. The molecule has 0 saturated heterocycles. The molecule has 0 saturated carbocycles. The number of hydrogen-bond acceptors (Lipinski definition) is 3. The first-order chi connectivity index (χ1) is 12.8. The molecule has 0 aliphatic rings. The van der Waals surface area contributed by atoms with Crippen LogP contribution in [-0.2, 0) is 0 Å². The van der Waals surface area contributed by atoms with Crippen molar-refractivity contribution in [2.45, 2.75) is 33.6 Å². The minimum absolute atomic E-state index is 0.142. The third-order valence-corrected chi connectivity index (χ3v) is 4.70. The first kappa shape index (κ1) is 18.6. The van der Waals surface area contributed by atoms with E-state index in [0.717, 1.165) is 22.4 Å². The third kappa shape index (κ3) is 3.40. The van der Waals surface area contributed by atoms with E-state index in [2.05, 4.69) is 5.32 Å². The predicted molar refractivity (Wildman–Crippen MR) is 107 cm³/mol. The van der Waals surface area contributed by atoms with E-state index in [4.69, 9.17) is 0 Å². The van der Waals surface area contributed by atoms with Crippen LogP contribution in [0, 0.1) is 13.8 Å². The van der Waals surface area contributed by atoms with Gasteiger partial charge in [0.25, 0.3) is 5.91 Å². The number of amides is 1. The molecule has 5 heteroatoms. The molecular weight excluding hydrogens is 340 g/mol. The average molecular weight is 364 g/mol. The molecule has 3 N–H and O–H groups in total. The number of benzene rings is 2. The minimum Gasteiger partial charge on any atom is -0.505 e. The SMILES string of the molecule is Cc1cccc(C)c1-n1cc(O)c(C(=O)Nc2ccccc2C(C)C)c1O. The van der Waals surface area contributed by atoms with Crippen LogP contribution in [0.4, 0.5) is 5.69 Å². The Hall–Kier alpha value is -3.21. The number of aromatic nitrogens is 1. The van der Waals surface area contributed by atoms with Crippen molar-refractivity contribution in [3.63, 3.8) is 0 Å². The van der Waals surface area contributed by atoms with Crippen molar-refractivity contribution in [3.05, 3.63) is 70.9 Å². The van der Waals surface area contributed by atoms with Crippen LogP contribution in [0.3, 0.4) is 0 Å². The normalized spacial score (nSPS) is 11.0. The topological polar surface area (TPSA) is 74.5 Å². The summed E-state index contributed by atoms with van der Waals surface area (Å²) in [7, 11) is 0. The maximum atomic E-state index is 12.8. The monoisotopic (exact) mass is 364 g/mol. The highest BCUT2D eigenvalue weighted by molar-refractivity contribution is 6.08. The second-order valence-electron chi connectivity index (χ2n) is 7.02. The van der Waals surface area contributed by atoms with Crippen molar-refractivity contribution in [2.24, 2.45) is 0 Å². The molecule has 2 aromatic carbocycles. The summed E-state index contributed by atoms with van der Waals surface area (Å²) in [6.07, 6.45) is 1.37. The van der Waals surface area contributed by atoms with Crippen LogP contribution in [-0.4, -0.2) is 20.7 Å². The summed E-state index contributed by atoms with van der Waals surface area (Å²) in [4.78, 5) is 12.8. The van der Waals surface area contributed by atoms with Gasteiger partial charge in [-0.25, -0.2) is 0 Å². The minimum atomic E-state index is -0.553. The number of nitrogens with zero attached hydrogens (tertiary/aromatic N) is 1. The van der Waals surface area contributed by atoms with E-state index in [-0.39, 0.29) is 23.1 Å². The second kappa shape index (κ2) is 7.19. The van der Waals surface area contributed by atoms with Crippen LogP contribution in [0.5, 0.6) is 11.6 Å². The molecule has 0 spiro atoms. The lowest BCUT2D eigenvalue weighted by Crippen LogP contribution is -2.13. The molecular formula is C22H24N2O3. The molecule has 0 fully saturated rings. The molecule has 1 heterocycles. The molecule has 0 aliphatic carbocycles. The number of aromatic hydroxyl groups is 2. The zero-order valence-corrected chi connectivity index (χ0v) is 15.9. The largest absolute Gasteiger partial charge is 0.505 e. The van der Waals surface area contributed by atoms with E-state index in [1.807, 2.05) is 70.2 Å². The Morgan fingerprint density at radius 1 is 1.00 bits per heavy atom. The van der Waals surface area contributed by atoms with Crippen LogP contribution < -0.4 is 5.32 Å².